The molecular weight excluding hydrogens is 302 g/mol. The van der Waals surface area contributed by atoms with Crippen LogP contribution in [0.4, 0.5) is 0 Å². The molecule has 5 nitrogen and oxygen atoms in total. The summed E-state index contributed by atoms with van der Waals surface area (Å²) in [7, 11) is 0. The van der Waals surface area contributed by atoms with Gasteiger partial charge in [0.1, 0.15) is 5.75 Å². The van der Waals surface area contributed by atoms with Gasteiger partial charge in [-0.3, -0.25) is 9.69 Å². The number of piperazine rings is 1. The Morgan fingerprint density at radius 1 is 1.08 bits per heavy atom. The molecule has 2 heterocycles. The minimum atomic E-state index is 0.154. The van der Waals surface area contributed by atoms with Crippen molar-refractivity contribution < 1.29 is 9.53 Å². The van der Waals surface area contributed by atoms with E-state index >= 15 is 0 Å². The normalized spacial score (nSPS) is 25.0. The van der Waals surface area contributed by atoms with E-state index in [9.17, 15) is 4.79 Å². The Balaban J connectivity index is 1.31. The first-order valence-corrected chi connectivity index (χ1v) is 9.26. The van der Waals surface area contributed by atoms with Crippen molar-refractivity contribution in [2.24, 2.45) is 5.92 Å². The Bertz CT molecular complexity index is 564. The second-order valence-corrected chi connectivity index (χ2v) is 7.26. The first kappa shape index (κ1) is 15.9. The van der Waals surface area contributed by atoms with Crippen molar-refractivity contribution in [3.63, 3.8) is 0 Å². The molecule has 1 aromatic rings. The first-order valence-electron chi connectivity index (χ1n) is 9.26. The third-order valence-corrected chi connectivity index (χ3v) is 5.40. The predicted octanol–water partition coefficient (Wildman–Crippen LogP) is 1.60. The van der Waals surface area contributed by atoms with Gasteiger partial charge in [0.2, 0.25) is 0 Å². The second kappa shape index (κ2) is 7.11. The number of benzene rings is 1. The lowest BCUT2D eigenvalue weighted by Gasteiger charge is -2.32. The lowest BCUT2D eigenvalue weighted by Crippen LogP contribution is -2.49. The number of likely N-dealkylation sites (tertiary alicyclic amines) is 1. The van der Waals surface area contributed by atoms with Crippen LogP contribution in [-0.4, -0.2) is 67.6 Å². The van der Waals surface area contributed by atoms with E-state index in [-0.39, 0.29) is 5.91 Å². The molecule has 3 fully saturated rings. The van der Waals surface area contributed by atoms with Crippen molar-refractivity contribution in [2.45, 2.75) is 25.3 Å². The molecule has 1 saturated carbocycles. The summed E-state index contributed by atoms with van der Waals surface area (Å²) in [5.41, 5.74) is 0.773. The zero-order valence-electron chi connectivity index (χ0n) is 14.2. The van der Waals surface area contributed by atoms with E-state index in [0.29, 0.717) is 6.04 Å². The third kappa shape index (κ3) is 3.73. The average Bonchev–Trinajstić information content (AvgIpc) is 3.34. The van der Waals surface area contributed by atoms with Crippen LogP contribution in [0.1, 0.15) is 29.6 Å². The smallest absolute Gasteiger partial charge is 0.253 e. The van der Waals surface area contributed by atoms with Crippen LogP contribution in [0.3, 0.4) is 0 Å². The summed E-state index contributed by atoms with van der Waals surface area (Å²) in [6.45, 7) is 6.86. The molecule has 1 atom stereocenters. The van der Waals surface area contributed by atoms with Crippen molar-refractivity contribution in [3.8, 4) is 5.75 Å². The van der Waals surface area contributed by atoms with E-state index in [4.69, 9.17) is 4.74 Å². The highest BCUT2D eigenvalue weighted by Crippen LogP contribution is 2.29. The Hall–Kier alpha value is -1.59. The van der Waals surface area contributed by atoms with Crippen molar-refractivity contribution in [1.29, 1.82) is 0 Å². The molecule has 1 N–H and O–H groups in total. The quantitative estimate of drug-likeness (QED) is 0.891. The van der Waals surface area contributed by atoms with Crippen molar-refractivity contribution in [2.75, 3.05) is 45.9 Å². The summed E-state index contributed by atoms with van der Waals surface area (Å²) < 4.78 is 5.75. The molecule has 2 saturated heterocycles. The van der Waals surface area contributed by atoms with Gasteiger partial charge in [-0.1, -0.05) is 0 Å². The van der Waals surface area contributed by atoms with Crippen molar-refractivity contribution in [3.05, 3.63) is 29.8 Å². The van der Waals surface area contributed by atoms with Crippen LogP contribution < -0.4 is 10.1 Å². The molecule has 1 unspecified atom stereocenters. The van der Waals surface area contributed by atoms with Gasteiger partial charge in [-0.25, -0.2) is 0 Å². The second-order valence-electron chi connectivity index (χ2n) is 7.26. The lowest BCUT2D eigenvalue weighted by molar-refractivity contribution is 0.0773. The largest absolute Gasteiger partial charge is 0.493 e. The molecular formula is C19H27N3O2. The van der Waals surface area contributed by atoms with Crippen LogP contribution in [0, 0.1) is 5.92 Å². The van der Waals surface area contributed by atoms with E-state index in [1.165, 1.54) is 12.8 Å². The van der Waals surface area contributed by atoms with Crippen LogP contribution in [-0.2, 0) is 0 Å². The number of rotatable bonds is 5. The molecule has 4 rings (SSSR count). The van der Waals surface area contributed by atoms with Gasteiger partial charge in [0.25, 0.3) is 5.91 Å². The van der Waals surface area contributed by atoms with Crippen LogP contribution in [0.25, 0.3) is 0 Å². The molecule has 0 aromatic heterocycles. The standard InChI is InChI=1S/C19H27N3O2/c23-19(16-3-5-18(6-4-16)24-14-15-1-2-15)22-10-7-17(13-22)21-11-8-20-9-12-21/h3-6,15,17,20H,1-2,7-14H2. The predicted molar refractivity (Wildman–Crippen MR) is 93.4 cm³/mol. The molecule has 5 heteroatoms. The summed E-state index contributed by atoms with van der Waals surface area (Å²) in [5.74, 6) is 1.78. The number of carbonyl (C=O) groups is 1. The van der Waals surface area contributed by atoms with Crippen molar-refractivity contribution >= 4 is 5.91 Å². The topological polar surface area (TPSA) is 44.8 Å². The number of amides is 1. The fourth-order valence-corrected chi connectivity index (χ4v) is 3.65. The molecule has 2 aliphatic heterocycles. The highest BCUT2D eigenvalue weighted by molar-refractivity contribution is 5.94. The summed E-state index contributed by atoms with van der Waals surface area (Å²) in [6, 6.07) is 8.20. The minimum absolute atomic E-state index is 0.154. The Morgan fingerprint density at radius 2 is 1.83 bits per heavy atom. The summed E-state index contributed by atoms with van der Waals surface area (Å²) in [6.07, 6.45) is 3.67. The fraction of sp³-hybridized carbons (Fsp3) is 0.632. The van der Waals surface area contributed by atoms with Gasteiger partial charge in [-0.05, 0) is 49.4 Å². The van der Waals surface area contributed by atoms with Gasteiger partial charge < -0.3 is 15.0 Å². The number of hydrogen-bond donors (Lipinski definition) is 1. The lowest BCUT2D eigenvalue weighted by atomic mass is 10.2. The molecule has 130 valence electrons. The summed E-state index contributed by atoms with van der Waals surface area (Å²) in [4.78, 5) is 17.3. The first-order chi connectivity index (χ1) is 11.8. The van der Waals surface area contributed by atoms with Crippen molar-refractivity contribution in [1.82, 2.24) is 15.1 Å². The zero-order valence-corrected chi connectivity index (χ0v) is 14.2. The van der Waals surface area contributed by atoms with Crippen LogP contribution in [0.5, 0.6) is 5.75 Å². The molecule has 0 spiro atoms. The molecule has 0 bridgehead atoms. The number of ether oxygens (including phenoxy) is 1. The molecule has 1 amide bonds. The highest BCUT2D eigenvalue weighted by Gasteiger charge is 2.31. The Kier molecular flexibility index (Phi) is 4.72. The van der Waals surface area contributed by atoms with Gasteiger partial charge in [0.15, 0.2) is 0 Å². The van der Waals surface area contributed by atoms with Crippen LogP contribution in [0.15, 0.2) is 24.3 Å². The number of carbonyl (C=O) groups excluding carboxylic acids is 1. The zero-order chi connectivity index (χ0) is 16.4. The monoisotopic (exact) mass is 329 g/mol. The van der Waals surface area contributed by atoms with Gasteiger partial charge in [-0.2, -0.15) is 0 Å². The van der Waals surface area contributed by atoms with E-state index in [2.05, 4.69) is 10.2 Å². The Labute approximate surface area is 144 Å². The van der Waals surface area contributed by atoms with Crippen LogP contribution in [0.2, 0.25) is 0 Å². The maximum atomic E-state index is 12.7. The summed E-state index contributed by atoms with van der Waals surface area (Å²) >= 11 is 0. The number of nitrogens with zero attached hydrogens (tertiary/aromatic N) is 2. The fourth-order valence-electron chi connectivity index (χ4n) is 3.65. The SMILES string of the molecule is O=C(c1ccc(OCC2CC2)cc1)N1CCC(N2CCNCC2)C1. The molecule has 3 aliphatic rings. The average molecular weight is 329 g/mol. The maximum Gasteiger partial charge on any atom is 0.253 e. The highest BCUT2D eigenvalue weighted by atomic mass is 16.5. The van der Waals surface area contributed by atoms with E-state index in [1.807, 2.05) is 29.2 Å². The molecule has 1 aliphatic carbocycles. The van der Waals surface area contributed by atoms with Crippen LogP contribution >= 0.6 is 0 Å². The Morgan fingerprint density at radius 3 is 2.54 bits per heavy atom. The van der Waals surface area contributed by atoms with Gasteiger partial charge in [-0.15, -0.1) is 0 Å². The number of hydrogen-bond acceptors (Lipinski definition) is 4. The maximum absolute atomic E-state index is 12.7. The van der Waals surface area contributed by atoms with E-state index < -0.39 is 0 Å². The molecule has 0 radical (unpaired) electrons. The van der Waals surface area contributed by atoms with Gasteiger partial charge in [0.05, 0.1) is 6.61 Å². The van der Waals surface area contributed by atoms with E-state index in [1.54, 1.807) is 0 Å². The molecule has 24 heavy (non-hydrogen) atoms. The van der Waals surface area contributed by atoms with Gasteiger partial charge in [0, 0.05) is 50.9 Å². The molecule has 1 aromatic carbocycles. The summed E-state index contributed by atoms with van der Waals surface area (Å²) in [5, 5.41) is 3.39. The number of nitrogens with one attached hydrogen (secondary N) is 1. The van der Waals surface area contributed by atoms with Gasteiger partial charge >= 0.3 is 0 Å². The third-order valence-electron chi connectivity index (χ3n) is 5.40. The van der Waals surface area contributed by atoms with E-state index in [0.717, 1.165) is 69.5 Å². The minimum Gasteiger partial charge on any atom is -0.493 e.